The third-order valence-electron chi connectivity index (χ3n) is 5.67. The number of benzene rings is 2. The Morgan fingerprint density at radius 2 is 1.87 bits per heavy atom. The normalized spacial score (nSPS) is 14.6. The van der Waals surface area contributed by atoms with Crippen LogP contribution >= 0.6 is 0 Å². The van der Waals surface area contributed by atoms with Crippen LogP contribution in [0.1, 0.15) is 5.69 Å². The largest absolute Gasteiger partial charge is 0.368 e. The van der Waals surface area contributed by atoms with Crippen LogP contribution < -0.4 is 10.5 Å². The minimum atomic E-state index is -0.0534. The summed E-state index contributed by atoms with van der Waals surface area (Å²) in [6, 6.07) is 13.3. The maximum absolute atomic E-state index is 12.8. The van der Waals surface area contributed by atoms with Gasteiger partial charge in [-0.15, -0.1) is 0 Å². The maximum Gasteiger partial charge on any atom is 0.260 e. The van der Waals surface area contributed by atoms with E-state index in [0.717, 1.165) is 24.2 Å². The Morgan fingerprint density at radius 1 is 1.07 bits per heavy atom. The van der Waals surface area contributed by atoms with E-state index in [4.69, 9.17) is 4.52 Å². The molecule has 8 heteroatoms. The van der Waals surface area contributed by atoms with Crippen molar-refractivity contribution in [3.8, 4) is 0 Å². The number of piperazine rings is 1. The highest BCUT2D eigenvalue weighted by atomic mass is 16.5. The predicted molar refractivity (Wildman–Crippen MR) is 113 cm³/mol. The topological polar surface area (TPSA) is 84.5 Å². The second kappa shape index (κ2) is 7.29. The summed E-state index contributed by atoms with van der Waals surface area (Å²) >= 11 is 0. The van der Waals surface area contributed by atoms with Crippen LogP contribution in [0.15, 0.2) is 58.1 Å². The molecule has 152 valence electrons. The number of carbonyl (C=O) groups is 1. The van der Waals surface area contributed by atoms with Gasteiger partial charge in [0.15, 0.2) is 5.58 Å². The van der Waals surface area contributed by atoms with E-state index in [1.54, 1.807) is 13.4 Å². The minimum absolute atomic E-state index is 0.0531. The van der Waals surface area contributed by atoms with E-state index in [1.807, 2.05) is 47.4 Å². The van der Waals surface area contributed by atoms with Gasteiger partial charge in [0.1, 0.15) is 5.69 Å². The Labute approximate surface area is 172 Å². The van der Waals surface area contributed by atoms with Crippen LogP contribution in [-0.4, -0.2) is 51.7 Å². The van der Waals surface area contributed by atoms with Crippen LogP contribution in [0.3, 0.4) is 0 Å². The molecule has 1 saturated heterocycles. The summed E-state index contributed by atoms with van der Waals surface area (Å²) in [6.45, 7) is 2.72. The number of hydrogen-bond acceptors (Lipinski definition) is 6. The molecule has 1 aliphatic rings. The highest BCUT2D eigenvalue weighted by Gasteiger charge is 2.23. The third-order valence-corrected chi connectivity index (χ3v) is 5.67. The zero-order valence-electron chi connectivity index (χ0n) is 16.6. The van der Waals surface area contributed by atoms with Gasteiger partial charge in [-0.3, -0.25) is 9.59 Å². The summed E-state index contributed by atoms with van der Waals surface area (Å²) in [5, 5.41) is 5.56. The van der Waals surface area contributed by atoms with Crippen molar-refractivity contribution in [2.45, 2.75) is 6.42 Å². The lowest BCUT2D eigenvalue weighted by molar-refractivity contribution is -0.130. The number of fused-ring (bicyclic) bond motifs is 2. The van der Waals surface area contributed by atoms with Gasteiger partial charge in [-0.1, -0.05) is 17.3 Å². The molecular formula is C22H21N5O3. The number of aryl methyl sites for hydroxylation is 1. The second-order valence-electron chi connectivity index (χ2n) is 7.53. The van der Waals surface area contributed by atoms with Gasteiger partial charge in [-0.05, 0) is 30.3 Å². The maximum atomic E-state index is 12.8. The number of rotatable bonds is 3. The van der Waals surface area contributed by atoms with Gasteiger partial charge in [0.05, 0.1) is 23.7 Å². The fourth-order valence-corrected chi connectivity index (χ4v) is 3.93. The van der Waals surface area contributed by atoms with E-state index in [9.17, 15) is 9.59 Å². The van der Waals surface area contributed by atoms with Gasteiger partial charge in [0, 0.05) is 44.3 Å². The molecular weight excluding hydrogens is 382 g/mol. The molecule has 1 aliphatic heterocycles. The lowest BCUT2D eigenvalue weighted by Gasteiger charge is -2.36. The zero-order valence-corrected chi connectivity index (χ0v) is 16.6. The van der Waals surface area contributed by atoms with E-state index in [-0.39, 0.29) is 17.9 Å². The summed E-state index contributed by atoms with van der Waals surface area (Å²) in [7, 11) is 1.70. The molecule has 4 aromatic rings. The van der Waals surface area contributed by atoms with Crippen molar-refractivity contribution in [3.05, 3.63) is 64.8 Å². The first kappa shape index (κ1) is 18.4. The lowest BCUT2D eigenvalue weighted by atomic mass is 10.1. The Morgan fingerprint density at radius 3 is 2.70 bits per heavy atom. The number of carbonyl (C=O) groups excluding carboxylic acids is 1. The lowest BCUT2D eigenvalue weighted by Crippen LogP contribution is -2.49. The number of amides is 1. The standard InChI is InChI=1S/C22H21N5O3/c1-25-14-23-18-12-15(6-7-17(18)22(25)29)26-8-10-27(11-9-26)21(28)13-19-16-4-2-3-5-20(16)30-24-19/h2-7,12,14H,8-11,13H2,1H3. The quantitative estimate of drug-likeness (QED) is 0.520. The van der Waals surface area contributed by atoms with E-state index in [1.165, 1.54) is 4.57 Å². The average molecular weight is 403 g/mol. The smallest absolute Gasteiger partial charge is 0.260 e. The highest BCUT2D eigenvalue weighted by Crippen LogP contribution is 2.22. The molecule has 5 rings (SSSR count). The minimum Gasteiger partial charge on any atom is -0.368 e. The molecule has 1 fully saturated rings. The van der Waals surface area contributed by atoms with Gasteiger partial charge in [-0.2, -0.15) is 0 Å². The van der Waals surface area contributed by atoms with Crippen molar-refractivity contribution in [3.63, 3.8) is 0 Å². The first-order chi connectivity index (χ1) is 14.6. The van der Waals surface area contributed by atoms with Crippen LogP contribution in [0.4, 0.5) is 5.69 Å². The Balaban J connectivity index is 1.27. The molecule has 8 nitrogen and oxygen atoms in total. The van der Waals surface area contributed by atoms with Gasteiger partial charge < -0.3 is 18.9 Å². The Hall–Kier alpha value is -3.68. The molecule has 2 aromatic heterocycles. The Bertz CT molecular complexity index is 1300. The first-order valence-electron chi connectivity index (χ1n) is 9.91. The molecule has 0 saturated carbocycles. The SMILES string of the molecule is Cn1cnc2cc(N3CCN(C(=O)Cc4noc5ccccc45)CC3)ccc2c1=O. The first-order valence-corrected chi connectivity index (χ1v) is 9.91. The van der Waals surface area contributed by atoms with Crippen molar-refractivity contribution in [2.24, 2.45) is 7.05 Å². The molecule has 3 heterocycles. The number of anilines is 1. The summed E-state index contributed by atoms with van der Waals surface area (Å²) < 4.78 is 6.78. The van der Waals surface area contributed by atoms with Crippen molar-refractivity contribution < 1.29 is 9.32 Å². The molecule has 0 spiro atoms. The molecule has 2 aromatic carbocycles. The third kappa shape index (κ3) is 3.20. The van der Waals surface area contributed by atoms with Crippen LogP contribution in [-0.2, 0) is 18.3 Å². The summed E-state index contributed by atoms with van der Waals surface area (Å²) in [5.41, 5.74) is 3.03. The number of nitrogens with zero attached hydrogens (tertiary/aromatic N) is 5. The van der Waals surface area contributed by atoms with E-state index < -0.39 is 0 Å². The second-order valence-corrected chi connectivity index (χ2v) is 7.53. The Kier molecular flexibility index (Phi) is 4.46. The van der Waals surface area contributed by atoms with Gasteiger partial charge in [0.25, 0.3) is 5.56 Å². The summed E-state index contributed by atoms with van der Waals surface area (Å²) in [6.07, 6.45) is 1.78. The van der Waals surface area contributed by atoms with Crippen LogP contribution in [0.5, 0.6) is 0 Å². The molecule has 0 atom stereocenters. The zero-order chi connectivity index (χ0) is 20.7. The molecule has 0 N–H and O–H groups in total. The molecule has 0 radical (unpaired) electrons. The average Bonchev–Trinajstić information content (AvgIpc) is 3.19. The molecule has 1 amide bonds. The van der Waals surface area contributed by atoms with Crippen molar-refractivity contribution >= 4 is 33.5 Å². The molecule has 0 bridgehead atoms. The van der Waals surface area contributed by atoms with Crippen LogP contribution in [0, 0.1) is 0 Å². The molecule has 30 heavy (non-hydrogen) atoms. The van der Waals surface area contributed by atoms with Gasteiger partial charge in [0.2, 0.25) is 5.91 Å². The number of aromatic nitrogens is 3. The van der Waals surface area contributed by atoms with Gasteiger partial charge in [-0.25, -0.2) is 4.98 Å². The van der Waals surface area contributed by atoms with Crippen molar-refractivity contribution in [1.29, 1.82) is 0 Å². The number of para-hydroxylation sites is 1. The molecule has 0 unspecified atom stereocenters. The van der Waals surface area contributed by atoms with Gasteiger partial charge >= 0.3 is 0 Å². The van der Waals surface area contributed by atoms with E-state index in [2.05, 4.69) is 15.0 Å². The summed E-state index contributed by atoms with van der Waals surface area (Å²) in [4.78, 5) is 33.4. The molecule has 0 aliphatic carbocycles. The predicted octanol–water partition coefficient (Wildman–Crippen LogP) is 1.97. The monoisotopic (exact) mass is 403 g/mol. The highest BCUT2D eigenvalue weighted by molar-refractivity contribution is 5.86. The summed E-state index contributed by atoms with van der Waals surface area (Å²) in [5.74, 6) is 0.0531. The number of hydrogen-bond donors (Lipinski definition) is 0. The van der Waals surface area contributed by atoms with Crippen LogP contribution in [0.2, 0.25) is 0 Å². The van der Waals surface area contributed by atoms with E-state index >= 15 is 0 Å². The van der Waals surface area contributed by atoms with Crippen LogP contribution in [0.25, 0.3) is 21.9 Å². The van der Waals surface area contributed by atoms with E-state index in [0.29, 0.717) is 35.3 Å². The fourth-order valence-electron chi connectivity index (χ4n) is 3.93. The van der Waals surface area contributed by atoms with Crippen molar-refractivity contribution in [1.82, 2.24) is 19.6 Å². The van der Waals surface area contributed by atoms with Crippen molar-refractivity contribution in [2.75, 3.05) is 31.1 Å². The fraction of sp³-hybridized carbons (Fsp3) is 0.273.